The van der Waals surface area contributed by atoms with Gasteiger partial charge in [-0.05, 0) is 9.91 Å². The molecule has 0 aliphatic carbocycles. The summed E-state index contributed by atoms with van der Waals surface area (Å²) in [4.78, 5) is 12.7. The Kier molecular flexibility index (Phi) is 3.42. The number of rotatable bonds is 3. The lowest BCUT2D eigenvalue weighted by Crippen LogP contribution is -2.05. The van der Waals surface area contributed by atoms with Crippen LogP contribution in [0.4, 0.5) is 14.6 Å². The van der Waals surface area contributed by atoms with Crippen LogP contribution in [0.2, 0.25) is 0 Å². The van der Waals surface area contributed by atoms with Gasteiger partial charge < -0.3 is 15.2 Å². The second-order valence-corrected chi connectivity index (χ2v) is 2.72. The van der Waals surface area contributed by atoms with Crippen LogP contribution in [0.25, 0.3) is 0 Å². The normalized spacial score (nSPS) is 10.2. The number of hydrogen-bond acceptors (Lipinski definition) is 5. The molecule has 1 heterocycles. The highest BCUT2D eigenvalue weighted by Gasteiger charge is 2.27. The van der Waals surface area contributed by atoms with Crippen LogP contribution in [0.5, 0.6) is 0 Å². The molecular formula is C8H5F2N3O3. The van der Waals surface area contributed by atoms with Gasteiger partial charge in [0, 0.05) is 5.56 Å². The zero-order chi connectivity index (χ0) is 12.3. The van der Waals surface area contributed by atoms with Gasteiger partial charge in [0.25, 0.3) is 6.43 Å². The summed E-state index contributed by atoms with van der Waals surface area (Å²) in [5, 5.41) is 27.8. The summed E-state index contributed by atoms with van der Waals surface area (Å²) < 4.78 is 25.2. The fraction of sp³-hybridized carbons (Fsp3) is 0.250. The third kappa shape index (κ3) is 1.94. The fourth-order valence-electron chi connectivity index (χ4n) is 1.18. The van der Waals surface area contributed by atoms with Crippen molar-refractivity contribution in [1.82, 2.24) is 4.98 Å². The highest BCUT2D eigenvalue weighted by Crippen LogP contribution is 2.30. The molecule has 0 aliphatic heterocycles. The zero-order valence-electron chi connectivity index (χ0n) is 7.72. The van der Waals surface area contributed by atoms with E-state index in [1.165, 1.54) is 6.07 Å². The third-order valence-corrected chi connectivity index (χ3v) is 1.85. The molecule has 1 aromatic heterocycles. The summed E-state index contributed by atoms with van der Waals surface area (Å²) in [6.07, 6.45) is -2.32. The predicted molar refractivity (Wildman–Crippen MR) is 46.5 cm³/mol. The number of nitriles is 1. The van der Waals surface area contributed by atoms with Gasteiger partial charge >= 0.3 is 5.82 Å². The van der Waals surface area contributed by atoms with Gasteiger partial charge in [-0.3, -0.25) is 0 Å². The lowest BCUT2D eigenvalue weighted by molar-refractivity contribution is -0.389. The van der Waals surface area contributed by atoms with Crippen molar-refractivity contribution in [3.63, 3.8) is 0 Å². The minimum Gasteiger partial charge on any atom is -0.392 e. The Labute approximate surface area is 87.9 Å². The first-order valence-corrected chi connectivity index (χ1v) is 3.98. The summed E-state index contributed by atoms with van der Waals surface area (Å²) in [5.41, 5.74) is -1.95. The van der Waals surface area contributed by atoms with Crippen molar-refractivity contribution in [3.8, 4) is 6.07 Å². The molecule has 0 aromatic carbocycles. The maximum Gasteiger partial charge on any atom is 0.381 e. The lowest BCUT2D eigenvalue weighted by Gasteiger charge is -2.06. The molecule has 1 aromatic rings. The van der Waals surface area contributed by atoms with Crippen LogP contribution in [-0.4, -0.2) is 15.0 Å². The predicted octanol–water partition coefficient (Wildman–Crippen LogP) is 1.29. The SMILES string of the molecule is N#Cc1c([N+](=O)[O-])ncc(CO)c1C(F)F. The van der Waals surface area contributed by atoms with Crippen LogP contribution in [-0.2, 0) is 6.61 Å². The molecule has 0 fully saturated rings. The van der Waals surface area contributed by atoms with Crippen molar-refractivity contribution in [2.75, 3.05) is 0 Å². The van der Waals surface area contributed by atoms with Crippen molar-refractivity contribution in [2.45, 2.75) is 13.0 Å². The molecule has 0 spiro atoms. The van der Waals surface area contributed by atoms with E-state index in [-0.39, 0.29) is 5.56 Å². The molecule has 0 unspecified atom stereocenters. The van der Waals surface area contributed by atoms with E-state index in [0.717, 1.165) is 6.20 Å². The maximum absolute atomic E-state index is 12.6. The van der Waals surface area contributed by atoms with Gasteiger partial charge in [0.15, 0.2) is 5.56 Å². The fourth-order valence-corrected chi connectivity index (χ4v) is 1.18. The molecule has 1 N–H and O–H groups in total. The molecule has 6 nitrogen and oxygen atoms in total. The summed E-state index contributed by atoms with van der Waals surface area (Å²) in [6, 6.07) is 1.31. The highest BCUT2D eigenvalue weighted by atomic mass is 19.3. The van der Waals surface area contributed by atoms with Gasteiger partial charge in [0.05, 0.1) is 12.2 Å². The van der Waals surface area contributed by atoms with Crippen LogP contribution in [0.1, 0.15) is 23.1 Å². The molecule has 0 saturated carbocycles. The Morgan fingerprint density at radius 2 is 2.31 bits per heavy atom. The van der Waals surface area contributed by atoms with E-state index in [0.29, 0.717) is 0 Å². The van der Waals surface area contributed by atoms with Crippen molar-refractivity contribution in [2.24, 2.45) is 0 Å². The molecule has 0 amide bonds. The number of halogens is 2. The van der Waals surface area contributed by atoms with Crippen LogP contribution >= 0.6 is 0 Å². The van der Waals surface area contributed by atoms with Crippen LogP contribution in [0, 0.1) is 21.4 Å². The maximum atomic E-state index is 12.6. The Morgan fingerprint density at radius 3 is 2.69 bits per heavy atom. The minimum atomic E-state index is -3.08. The number of aliphatic hydroxyl groups excluding tert-OH is 1. The lowest BCUT2D eigenvalue weighted by atomic mass is 10.1. The van der Waals surface area contributed by atoms with E-state index in [2.05, 4.69) is 4.98 Å². The smallest absolute Gasteiger partial charge is 0.381 e. The first kappa shape index (κ1) is 11.9. The molecule has 0 aliphatic rings. The number of alkyl halides is 2. The molecule has 1 rings (SSSR count). The number of aromatic nitrogens is 1. The molecule has 0 atom stereocenters. The summed E-state index contributed by atoms with van der Waals surface area (Å²) >= 11 is 0. The van der Waals surface area contributed by atoms with E-state index in [4.69, 9.17) is 10.4 Å². The number of hydrogen-bond donors (Lipinski definition) is 1. The number of aliphatic hydroxyl groups is 1. The first-order valence-electron chi connectivity index (χ1n) is 3.98. The first-order chi connectivity index (χ1) is 7.52. The Hall–Kier alpha value is -2.14. The topological polar surface area (TPSA) is 100 Å². The van der Waals surface area contributed by atoms with Gasteiger partial charge in [0.2, 0.25) is 0 Å². The molecule has 84 valence electrons. The van der Waals surface area contributed by atoms with E-state index in [1.807, 2.05) is 0 Å². The second-order valence-electron chi connectivity index (χ2n) is 2.72. The van der Waals surface area contributed by atoms with Crippen LogP contribution in [0.15, 0.2) is 6.20 Å². The summed E-state index contributed by atoms with van der Waals surface area (Å²) in [7, 11) is 0. The Morgan fingerprint density at radius 1 is 1.69 bits per heavy atom. The molecule has 16 heavy (non-hydrogen) atoms. The van der Waals surface area contributed by atoms with Gasteiger partial charge in [-0.2, -0.15) is 5.26 Å². The zero-order valence-corrected chi connectivity index (χ0v) is 7.72. The van der Waals surface area contributed by atoms with Gasteiger partial charge in [-0.25, -0.2) is 8.78 Å². The van der Waals surface area contributed by atoms with Crippen molar-refractivity contribution in [3.05, 3.63) is 33.0 Å². The monoisotopic (exact) mass is 229 g/mol. The second kappa shape index (κ2) is 4.59. The van der Waals surface area contributed by atoms with Crippen molar-refractivity contribution < 1.29 is 18.8 Å². The average molecular weight is 229 g/mol. The largest absolute Gasteiger partial charge is 0.392 e. The Balaban J connectivity index is 3.58. The molecule has 8 heteroatoms. The average Bonchev–Trinajstić information content (AvgIpc) is 2.26. The number of nitro groups is 1. The van der Waals surface area contributed by atoms with Crippen LogP contribution in [0.3, 0.4) is 0 Å². The number of pyridine rings is 1. The number of nitrogens with zero attached hydrogens (tertiary/aromatic N) is 3. The molecule has 0 bridgehead atoms. The highest BCUT2D eigenvalue weighted by molar-refractivity contribution is 5.52. The molecule has 0 radical (unpaired) electrons. The van der Waals surface area contributed by atoms with E-state index in [9.17, 15) is 18.9 Å². The van der Waals surface area contributed by atoms with Gasteiger partial charge in [-0.15, -0.1) is 0 Å². The van der Waals surface area contributed by atoms with Crippen molar-refractivity contribution in [1.29, 1.82) is 5.26 Å². The summed E-state index contributed by atoms with van der Waals surface area (Å²) in [5.74, 6) is -0.935. The Bertz CT molecular complexity index is 470. The quantitative estimate of drug-likeness (QED) is 0.621. The molecule has 0 saturated heterocycles. The van der Waals surface area contributed by atoms with E-state index >= 15 is 0 Å². The van der Waals surface area contributed by atoms with Crippen molar-refractivity contribution >= 4 is 5.82 Å². The summed E-state index contributed by atoms with van der Waals surface area (Å²) in [6.45, 7) is -0.765. The third-order valence-electron chi connectivity index (χ3n) is 1.85. The standard InChI is InChI=1S/C8H5F2N3O3/c9-7(10)6-4(3-14)2-12-8(13(15)16)5(6)1-11/h2,7,14H,3H2. The van der Waals surface area contributed by atoms with E-state index in [1.54, 1.807) is 0 Å². The van der Waals surface area contributed by atoms with Crippen LogP contribution < -0.4 is 0 Å². The molecular weight excluding hydrogens is 224 g/mol. The minimum absolute atomic E-state index is 0.294. The van der Waals surface area contributed by atoms with Gasteiger partial charge in [0.1, 0.15) is 12.3 Å². The van der Waals surface area contributed by atoms with Gasteiger partial charge in [-0.1, -0.05) is 0 Å². The van der Waals surface area contributed by atoms with E-state index < -0.39 is 34.9 Å².